The normalized spacial score (nSPS) is 14.3. The van der Waals surface area contributed by atoms with Gasteiger partial charge in [-0.2, -0.15) is 0 Å². The van der Waals surface area contributed by atoms with Crippen LogP contribution in [-0.4, -0.2) is 24.5 Å². The van der Waals surface area contributed by atoms with Gasteiger partial charge in [-0.15, -0.1) is 12.4 Å². The van der Waals surface area contributed by atoms with Crippen molar-refractivity contribution in [2.75, 3.05) is 17.6 Å². The summed E-state index contributed by atoms with van der Waals surface area (Å²) in [5.74, 6) is -0.0711. The molecule has 0 atom stereocenters. The number of anilines is 2. The van der Waals surface area contributed by atoms with E-state index in [2.05, 4.69) is 16.0 Å². The number of hydrogen-bond donors (Lipinski definition) is 4. The van der Waals surface area contributed by atoms with Crippen LogP contribution in [0.3, 0.4) is 0 Å². The zero-order valence-corrected chi connectivity index (χ0v) is 15.6. The molecule has 1 fully saturated rings. The fraction of sp³-hybridized carbons (Fsp3) is 0.556. The van der Waals surface area contributed by atoms with Crippen LogP contribution in [0.2, 0.25) is 0 Å². The molecule has 1 saturated carbocycles. The van der Waals surface area contributed by atoms with Gasteiger partial charge in [0.05, 0.1) is 0 Å². The molecule has 0 unspecified atom stereocenters. The summed E-state index contributed by atoms with van der Waals surface area (Å²) >= 11 is 0. The van der Waals surface area contributed by atoms with Crippen LogP contribution < -0.4 is 21.7 Å². The largest absolute Gasteiger partial charge is 0.399 e. The zero-order valence-electron chi connectivity index (χ0n) is 14.8. The van der Waals surface area contributed by atoms with Crippen LogP contribution in [0, 0.1) is 6.92 Å². The maximum Gasteiger partial charge on any atom is 0.315 e. The van der Waals surface area contributed by atoms with E-state index in [4.69, 9.17) is 5.73 Å². The molecule has 0 bridgehead atoms. The number of rotatable bonds is 6. The Hall–Kier alpha value is -1.95. The van der Waals surface area contributed by atoms with E-state index in [1.165, 1.54) is 19.3 Å². The van der Waals surface area contributed by atoms with Gasteiger partial charge < -0.3 is 21.7 Å². The van der Waals surface area contributed by atoms with Gasteiger partial charge in [0.25, 0.3) is 0 Å². The monoisotopic (exact) mass is 368 g/mol. The maximum atomic E-state index is 12.0. The lowest BCUT2D eigenvalue weighted by Gasteiger charge is -2.22. The number of halogens is 1. The second-order valence-corrected chi connectivity index (χ2v) is 6.46. The zero-order chi connectivity index (χ0) is 17.4. The van der Waals surface area contributed by atoms with Crippen LogP contribution in [0.5, 0.6) is 0 Å². The van der Waals surface area contributed by atoms with E-state index in [0.717, 1.165) is 24.1 Å². The summed E-state index contributed by atoms with van der Waals surface area (Å²) in [6, 6.07) is 5.60. The van der Waals surface area contributed by atoms with Crippen LogP contribution in [0.4, 0.5) is 16.2 Å². The SMILES string of the molecule is Cc1ccc(N)cc1NC(=O)CCCNC(=O)NC1CCCCC1.Cl. The summed E-state index contributed by atoms with van der Waals surface area (Å²) < 4.78 is 0. The van der Waals surface area contributed by atoms with Gasteiger partial charge in [0.1, 0.15) is 0 Å². The van der Waals surface area contributed by atoms with Crippen molar-refractivity contribution in [2.45, 2.75) is 57.9 Å². The number of nitrogens with one attached hydrogen (secondary N) is 3. The number of carbonyl (C=O) groups is 2. The first-order valence-electron chi connectivity index (χ1n) is 8.75. The first-order valence-corrected chi connectivity index (χ1v) is 8.75. The highest BCUT2D eigenvalue weighted by Crippen LogP contribution is 2.18. The predicted molar refractivity (Wildman–Crippen MR) is 104 cm³/mol. The Kier molecular flexibility index (Phi) is 9.13. The molecule has 25 heavy (non-hydrogen) atoms. The number of hydrogen-bond acceptors (Lipinski definition) is 3. The molecule has 2 rings (SSSR count). The molecule has 6 nitrogen and oxygen atoms in total. The van der Waals surface area contributed by atoms with E-state index in [-0.39, 0.29) is 24.3 Å². The molecule has 5 N–H and O–H groups in total. The van der Waals surface area contributed by atoms with Crippen molar-refractivity contribution >= 4 is 35.7 Å². The third kappa shape index (κ3) is 7.65. The Balaban J connectivity index is 0.00000312. The van der Waals surface area contributed by atoms with E-state index in [1.807, 2.05) is 13.0 Å². The molecule has 140 valence electrons. The molecule has 7 heteroatoms. The Morgan fingerprint density at radius 1 is 1.20 bits per heavy atom. The van der Waals surface area contributed by atoms with Crippen molar-refractivity contribution < 1.29 is 9.59 Å². The average molecular weight is 369 g/mol. The third-order valence-corrected chi connectivity index (χ3v) is 4.34. The van der Waals surface area contributed by atoms with E-state index >= 15 is 0 Å². The summed E-state index contributed by atoms with van der Waals surface area (Å²) in [5.41, 5.74) is 8.06. The Morgan fingerprint density at radius 2 is 1.92 bits per heavy atom. The fourth-order valence-electron chi connectivity index (χ4n) is 2.92. The Bertz CT molecular complexity index is 574. The number of amides is 3. The van der Waals surface area contributed by atoms with Crippen molar-refractivity contribution in [1.29, 1.82) is 0 Å². The third-order valence-electron chi connectivity index (χ3n) is 4.34. The lowest BCUT2D eigenvalue weighted by Crippen LogP contribution is -2.43. The minimum absolute atomic E-state index is 0. The number of urea groups is 1. The summed E-state index contributed by atoms with van der Waals surface area (Å²) in [7, 11) is 0. The van der Waals surface area contributed by atoms with Crippen LogP contribution in [0.25, 0.3) is 0 Å². The molecule has 1 aliphatic carbocycles. The van der Waals surface area contributed by atoms with Gasteiger partial charge in [-0.25, -0.2) is 4.79 Å². The molecular formula is C18H29ClN4O2. The molecule has 1 aromatic rings. The smallest absolute Gasteiger partial charge is 0.315 e. The van der Waals surface area contributed by atoms with E-state index in [9.17, 15) is 9.59 Å². The topological polar surface area (TPSA) is 96.2 Å². The second kappa shape index (κ2) is 10.8. The Labute approximate surface area is 155 Å². The van der Waals surface area contributed by atoms with Gasteiger partial charge in [0, 0.05) is 30.4 Å². The van der Waals surface area contributed by atoms with Gasteiger partial charge in [-0.05, 0) is 43.9 Å². The molecule has 1 aromatic carbocycles. The van der Waals surface area contributed by atoms with Gasteiger partial charge in [-0.1, -0.05) is 25.3 Å². The highest BCUT2D eigenvalue weighted by molar-refractivity contribution is 5.92. The Morgan fingerprint density at radius 3 is 2.64 bits per heavy atom. The van der Waals surface area contributed by atoms with Gasteiger partial charge in [0.2, 0.25) is 5.91 Å². The van der Waals surface area contributed by atoms with E-state index in [1.54, 1.807) is 12.1 Å². The van der Waals surface area contributed by atoms with E-state index < -0.39 is 0 Å². The van der Waals surface area contributed by atoms with Gasteiger partial charge in [-0.3, -0.25) is 4.79 Å². The summed E-state index contributed by atoms with van der Waals surface area (Å²) in [6.07, 6.45) is 6.73. The van der Waals surface area contributed by atoms with Crippen molar-refractivity contribution in [1.82, 2.24) is 10.6 Å². The summed E-state index contributed by atoms with van der Waals surface area (Å²) in [5, 5.41) is 8.67. The number of nitrogen functional groups attached to an aromatic ring is 1. The van der Waals surface area contributed by atoms with Crippen LogP contribution in [-0.2, 0) is 4.79 Å². The molecule has 0 aromatic heterocycles. The average Bonchev–Trinajstić information content (AvgIpc) is 2.56. The lowest BCUT2D eigenvalue weighted by molar-refractivity contribution is -0.116. The predicted octanol–water partition coefficient (Wildman–Crippen LogP) is 3.35. The second-order valence-electron chi connectivity index (χ2n) is 6.46. The summed E-state index contributed by atoms with van der Waals surface area (Å²) in [4.78, 5) is 23.7. The van der Waals surface area contributed by atoms with Crippen molar-refractivity contribution in [3.05, 3.63) is 23.8 Å². The minimum atomic E-state index is -0.131. The van der Waals surface area contributed by atoms with E-state index in [0.29, 0.717) is 31.1 Å². The molecule has 0 heterocycles. The molecule has 0 spiro atoms. The highest BCUT2D eigenvalue weighted by Gasteiger charge is 2.15. The van der Waals surface area contributed by atoms with Gasteiger partial charge in [0.15, 0.2) is 0 Å². The summed E-state index contributed by atoms with van der Waals surface area (Å²) in [6.45, 7) is 2.41. The quantitative estimate of drug-likeness (QED) is 0.458. The molecule has 0 saturated heterocycles. The number of benzene rings is 1. The first kappa shape index (κ1) is 21.1. The highest BCUT2D eigenvalue weighted by atomic mass is 35.5. The first-order chi connectivity index (χ1) is 11.5. The lowest BCUT2D eigenvalue weighted by atomic mass is 9.96. The standard InChI is InChI=1S/C18H28N4O2.ClH/c1-13-9-10-14(19)12-16(13)22-17(23)8-5-11-20-18(24)21-15-6-3-2-4-7-15;/h9-10,12,15H,2-8,11,19H2,1H3,(H,22,23)(H2,20,21,24);1H. The number of aryl methyl sites for hydroxylation is 1. The number of nitrogens with two attached hydrogens (primary N) is 1. The minimum Gasteiger partial charge on any atom is -0.399 e. The van der Waals surface area contributed by atoms with Crippen LogP contribution in [0.15, 0.2) is 18.2 Å². The molecule has 0 aliphatic heterocycles. The number of carbonyl (C=O) groups excluding carboxylic acids is 2. The van der Waals surface area contributed by atoms with Crippen molar-refractivity contribution in [3.8, 4) is 0 Å². The molecule has 1 aliphatic rings. The van der Waals surface area contributed by atoms with Crippen molar-refractivity contribution in [3.63, 3.8) is 0 Å². The van der Waals surface area contributed by atoms with Gasteiger partial charge >= 0.3 is 6.03 Å². The van der Waals surface area contributed by atoms with Crippen LogP contribution in [0.1, 0.15) is 50.5 Å². The van der Waals surface area contributed by atoms with Crippen molar-refractivity contribution in [2.24, 2.45) is 0 Å². The fourth-order valence-corrected chi connectivity index (χ4v) is 2.92. The molecule has 3 amide bonds. The van der Waals surface area contributed by atoms with Crippen LogP contribution >= 0.6 is 12.4 Å². The molecular weight excluding hydrogens is 340 g/mol. The molecule has 0 radical (unpaired) electrons. The maximum absolute atomic E-state index is 12.0.